The van der Waals surface area contributed by atoms with Crippen LogP contribution in [0.5, 0.6) is 0 Å². The van der Waals surface area contributed by atoms with Gasteiger partial charge in [0.25, 0.3) is 5.91 Å². The SMILES string of the molecule is Cc1occc1C(=O)NCC1(C)COC1. The lowest BCUT2D eigenvalue weighted by molar-refractivity contribution is -0.0978. The summed E-state index contributed by atoms with van der Waals surface area (Å²) in [4.78, 5) is 11.7. The van der Waals surface area contributed by atoms with Crippen LogP contribution in [0.15, 0.2) is 16.7 Å². The highest BCUT2D eigenvalue weighted by molar-refractivity contribution is 5.95. The van der Waals surface area contributed by atoms with Crippen molar-refractivity contribution in [2.24, 2.45) is 5.41 Å². The number of rotatable bonds is 3. The van der Waals surface area contributed by atoms with Crippen LogP contribution in [-0.2, 0) is 4.74 Å². The van der Waals surface area contributed by atoms with Gasteiger partial charge in [-0.05, 0) is 13.0 Å². The first-order valence-electron chi connectivity index (χ1n) is 5.01. The zero-order valence-corrected chi connectivity index (χ0v) is 9.00. The monoisotopic (exact) mass is 209 g/mol. The molecule has 1 aliphatic rings. The minimum Gasteiger partial charge on any atom is -0.469 e. The Balaban J connectivity index is 1.90. The third-order valence-corrected chi connectivity index (χ3v) is 2.68. The van der Waals surface area contributed by atoms with E-state index in [2.05, 4.69) is 12.2 Å². The highest BCUT2D eigenvalue weighted by atomic mass is 16.5. The van der Waals surface area contributed by atoms with Crippen molar-refractivity contribution < 1.29 is 13.9 Å². The molecule has 0 bridgehead atoms. The normalized spacial score (nSPS) is 18.3. The van der Waals surface area contributed by atoms with Crippen molar-refractivity contribution in [1.82, 2.24) is 5.32 Å². The fourth-order valence-electron chi connectivity index (χ4n) is 1.56. The zero-order valence-electron chi connectivity index (χ0n) is 9.00. The molecular formula is C11H15NO3. The molecule has 1 aliphatic heterocycles. The first kappa shape index (κ1) is 10.2. The first-order valence-corrected chi connectivity index (χ1v) is 5.01. The summed E-state index contributed by atoms with van der Waals surface area (Å²) >= 11 is 0. The van der Waals surface area contributed by atoms with Gasteiger partial charge in [-0.2, -0.15) is 0 Å². The topological polar surface area (TPSA) is 51.5 Å². The van der Waals surface area contributed by atoms with E-state index in [1.165, 1.54) is 6.26 Å². The van der Waals surface area contributed by atoms with Crippen LogP contribution >= 0.6 is 0 Å². The molecule has 1 aromatic rings. The van der Waals surface area contributed by atoms with E-state index in [0.717, 1.165) is 13.2 Å². The van der Waals surface area contributed by atoms with Crippen molar-refractivity contribution in [3.8, 4) is 0 Å². The van der Waals surface area contributed by atoms with Gasteiger partial charge in [0.15, 0.2) is 0 Å². The quantitative estimate of drug-likeness (QED) is 0.817. The zero-order chi connectivity index (χ0) is 10.9. The van der Waals surface area contributed by atoms with Crippen molar-refractivity contribution in [2.45, 2.75) is 13.8 Å². The van der Waals surface area contributed by atoms with Crippen LogP contribution in [0.4, 0.5) is 0 Å². The number of carbonyl (C=O) groups is 1. The molecule has 2 heterocycles. The molecule has 82 valence electrons. The molecule has 0 aliphatic carbocycles. The molecule has 1 fully saturated rings. The maximum absolute atomic E-state index is 11.7. The van der Waals surface area contributed by atoms with Crippen LogP contribution in [-0.4, -0.2) is 25.7 Å². The Bertz CT molecular complexity index is 366. The molecular weight excluding hydrogens is 194 g/mol. The smallest absolute Gasteiger partial charge is 0.254 e. The molecule has 1 amide bonds. The Kier molecular flexibility index (Phi) is 2.52. The molecule has 4 heteroatoms. The van der Waals surface area contributed by atoms with E-state index in [1.807, 2.05) is 0 Å². The minimum absolute atomic E-state index is 0.0747. The molecule has 0 aromatic carbocycles. The highest BCUT2D eigenvalue weighted by Gasteiger charge is 2.33. The number of ether oxygens (including phenoxy) is 1. The molecule has 0 atom stereocenters. The summed E-state index contributed by atoms with van der Waals surface area (Å²) in [5.74, 6) is 0.580. The van der Waals surface area contributed by atoms with Gasteiger partial charge in [-0.15, -0.1) is 0 Å². The number of furan rings is 1. The fourth-order valence-corrected chi connectivity index (χ4v) is 1.56. The van der Waals surface area contributed by atoms with Crippen molar-refractivity contribution in [2.75, 3.05) is 19.8 Å². The van der Waals surface area contributed by atoms with Crippen molar-refractivity contribution in [3.63, 3.8) is 0 Å². The molecule has 0 radical (unpaired) electrons. The first-order chi connectivity index (χ1) is 7.11. The van der Waals surface area contributed by atoms with Gasteiger partial charge in [0.1, 0.15) is 5.76 Å². The lowest BCUT2D eigenvalue weighted by Gasteiger charge is -2.37. The second kappa shape index (κ2) is 3.70. The Hall–Kier alpha value is -1.29. The summed E-state index contributed by atoms with van der Waals surface area (Å²) < 4.78 is 10.2. The Morgan fingerprint density at radius 2 is 2.33 bits per heavy atom. The van der Waals surface area contributed by atoms with Gasteiger partial charge in [-0.1, -0.05) is 6.92 Å². The van der Waals surface area contributed by atoms with Gasteiger partial charge in [0.2, 0.25) is 0 Å². The Labute approximate surface area is 88.6 Å². The minimum atomic E-state index is -0.0747. The second-order valence-corrected chi connectivity index (χ2v) is 4.38. The molecule has 0 saturated carbocycles. The Morgan fingerprint density at radius 3 is 2.80 bits per heavy atom. The van der Waals surface area contributed by atoms with E-state index in [0.29, 0.717) is 17.9 Å². The summed E-state index contributed by atoms with van der Waals surface area (Å²) in [6, 6.07) is 1.68. The van der Waals surface area contributed by atoms with Crippen molar-refractivity contribution >= 4 is 5.91 Å². The van der Waals surface area contributed by atoms with Gasteiger partial charge < -0.3 is 14.5 Å². The number of aryl methyl sites for hydroxylation is 1. The van der Waals surface area contributed by atoms with E-state index in [9.17, 15) is 4.79 Å². The van der Waals surface area contributed by atoms with Gasteiger partial charge in [0, 0.05) is 12.0 Å². The molecule has 0 spiro atoms. The molecule has 4 nitrogen and oxygen atoms in total. The van der Waals surface area contributed by atoms with Crippen LogP contribution in [0.3, 0.4) is 0 Å². The highest BCUT2D eigenvalue weighted by Crippen LogP contribution is 2.25. The summed E-state index contributed by atoms with van der Waals surface area (Å²) in [6.45, 7) is 5.97. The van der Waals surface area contributed by atoms with Crippen LogP contribution in [0.1, 0.15) is 23.0 Å². The van der Waals surface area contributed by atoms with E-state index < -0.39 is 0 Å². The molecule has 2 rings (SSSR count). The maximum Gasteiger partial charge on any atom is 0.254 e. The lowest BCUT2D eigenvalue weighted by atomic mass is 9.89. The van der Waals surface area contributed by atoms with Gasteiger partial charge in [-0.25, -0.2) is 0 Å². The van der Waals surface area contributed by atoms with E-state index >= 15 is 0 Å². The number of hydrogen-bond acceptors (Lipinski definition) is 3. The van der Waals surface area contributed by atoms with Crippen LogP contribution in [0.2, 0.25) is 0 Å². The van der Waals surface area contributed by atoms with Gasteiger partial charge in [0.05, 0.1) is 25.0 Å². The summed E-state index contributed by atoms with van der Waals surface area (Å²) in [7, 11) is 0. The third-order valence-electron chi connectivity index (χ3n) is 2.68. The maximum atomic E-state index is 11.7. The van der Waals surface area contributed by atoms with Gasteiger partial charge >= 0.3 is 0 Å². The predicted octanol–water partition coefficient (Wildman–Crippen LogP) is 1.35. The third kappa shape index (κ3) is 2.04. The van der Waals surface area contributed by atoms with Gasteiger partial charge in [-0.3, -0.25) is 4.79 Å². The lowest BCUT2D eigenvalue weighted by Crippen LogP contribution is -2.48. The molecule has 15 heavy (non-hydrogen) atoms. The van der Waals surface area contributed by atoms with E-state index in [4.69, 9.17) is 9.15 Å². The molecule has 1 saturated heterocycles. The van der Waals surface area contributed by atoms with E-state index in [-0.39, 0.29) is 11.3 Å². The second-order valence-electron chi connectivity index (χ2n) is 4.38. The van der Waals surface area contributed by atoms with Crippen molar-refractivity contribution in [1.29, 1.82) is 0 Å². The Morgan fingerprint density at radius 1 is 1.60 bits per heavy atom. The van der Waals surface area contributed by atoms with Crippen LogP contribution in [0, 0.1) is 12.3 Å². The molecule has 0 unspecified atom stereocenters. The molecule has 1 N–H and O–H groups in total. The number of hydrogen-bond donors (Lipinski definition) is 1. The standard InChI is InChI=1S/C11H15NO3/c1-8-9(3-4-15-8)10(13)12-5-11(2)6-14-7-11/h3-4H,5-7H2,1-2H3,(H,12,13). The fraction of sp³-hybridized carbons (Fsp3) is 0.545. The summed E-state index contributed by atoms with van der Waals surface area (Å²) in [6.07, 6.45) is 1.53. The average molecular weight is 209 g/mol. The molecule has 1 aromatic heterocycles. The average Bonchev–Trinajstić information content (AvgIpc) is 2.58. The van der Waals surface area contributed by atoms with Crippen LogP contribution in [0.25, 0.3) is 0 Å². The number of amides is 1. The van der Waals surface area contributed by atoms with Crippen LogP contribution < -0.4 is 5.32 Å². The summed E-state index contributed by atoms with van der Waals surface area (Å²) in [5, 5.41) is 2.89. The van der Waals surface area contributed by atoms with E-state index in [1.54, 1.807) is 13.0 Å². The predicted molar refractivity (Wildman–Crippen MR) is 54.7 cm³/mol. The number of nitrogens with one attached hydrogen (secondary N) is 1. The number of carbonyl (C=O) groups excluding carboxylic acids is 1. The summed E-state index contributed by atoms with van der Waals surface area (Å²) in [5.41, 5.74) is 0.715. The van der Waals surface area contributed by atoms with Crippen molar-refractivity contribution in [3.05, 3.63) is 23.7 Å². The largest absolute Gasteiger partial charge is 0.469 e.